The van der Waals surface area contributed by atoms with Gasteiger partial charge >= 0.3 is 5.97 Å². The molecule has 0 radical (unpaired) electrons. The fourth-order valence-electron chi connectivity index (χ4n) is 7.51. The lowest BCUT2D eigenvalue weighted by molar-refractivity contribution is -0.136. The lowest BCUT2D eigenvalue weighted by Gasteiger charge is -2.59. The Morgan fingerprint density at radius 3 is 2.83 bits per heavy atom. The first-order valence-electron chi connectivity index (χ1n) is 11.3. The van der Waals surface area contributed by atoms with E-state index in [0.29, 0.717) is 18.4 Å². The Labute approximate surface area is 173 Å². The van der Waals surface area contributed by atoms with E-state index in [-0.39, 0.29) is 42.0 Å². The molecule has 3 saturated carbocycles. The Kier molecular flexibility index (Phi) is 5.69. The normalized spacial score (nSPS) is 45.3. The van der Waals surface area contributed by atoms with Crippen LogP contribution in [0.25, 0.3) is 0 Å². The summed E-state index contributed by atoms with van der Waals surface area (Å²) in [5.41, 5.74) is 2.65. The van der Waals surface area contributed by atoms with Crippen molar-refractivity contribution in [3.63, 3.8) is 0 Å². The Hall–Kier alpha value is -1.17. The number of hydrogen-bond donors (Lipinski definition) is 3. The highest BCUT2D eigenvalue weighted by atomic mass is 16.5. The SMILES string of the molecule is C[C@]12CCC(OCCO)CC1=CC[C@@H]1[C@@H]2C(O)C[C@]2(C)C(=CCC(=O)O)CC[C@@H]12. The molecule has 0 aliphatic heterocycles. The number of carboxylic acid groups (broad SMARTS) is 1. The second kappa shape index (κ2) is 7.82. The van der Waals surface area contributed by atoms with Crippen molar-refractivity contribution in [2.45, 2.75) is 77.4 Å². The highest BCUT2D eigenvalue weighted by molar-refractivity contribution is 5.68. The number of carboxylic acids is 1. The second-order valence-electron chi connectivity index (χ2n) is 10.2. The van der Waals surface area contributed by atoms with Gasteiger partial charge in [0.15, 0.2) is 0 Å². The monoisotopic (exact) mass is 404 g/mol. The fraction of sp³-hybridized carbons (Fsp3) is 0.792. The maximum atomic E-state index is 11.4. The van der Waals surface area contributed by atoms with Gasteiger partial charge in [-0.1, -0.05) is 37.1 Å². The number of fused-ring (bicyclic) bond motifs is 5. The van der Waals surface area contributed by atoms with Crippen molar-refractivity contribution in [3.8, 4) is 0 Å². The number of allylic oxidation sites excluding steroid dienone is 2. The van der Waals surface area contributed by atoms with Gasteiger partial charge < -0.3 is 20.1 Å². The lowest BCUT2D eigenvalue weighted by atomic mass is 9.47. The van der Waals surface area contributed by atoms with E-state index in [1.807, 2.05) is 6.08 Å². The fourth-order valence-corrected chi connectivity index (χ4v) is 7.51. The molecule has 0 saturated heterocycles. The average molecular weight is 405 g/mol. The first kappa shape index (κ1) is 21.1. The molecule has 0 spiro atoms. The van der Waals surface area contributed by atoms with Gasteiger partial charge in [0.25, 0.3) is 0 Å². The molecule has 0 heterocycles. The summed E-state index contributed by atoms with van der Waals surface area (Å²) in [5.74, 6) is 0.479. The van der Waals surface area contributed by atoms with Crippen molar-refractivity contribution in [2.24, 2.45) is 28.6 Å². The molecule has 3 fully saturated rings. The molecule has 7 atom stereocenters. The van der Waals surface area contributed by atoms with Crippen LogP contribution in [-0.2, 0) is 9.53 Å². The molecule has 2 unspecified atom stereocenters. The molecular weight excluding hydrogens is 368 g/mol. The molecule has 29 heavy (non-hydrogen) atoms. The van der Waals surface area contributed by atoms with E-state index >= 15 is 0 Å². The van der Waals surface area contributed by atoms with Gasteiger partial charge in [-0.25, -0.2) is 0 Å². The summed E-state index contributed by atoms with van der Waals surface area (Å²) < 4.78 is 5.83. The van der Waals surface area contributed by atoms with Crippen molar-refractivity contribution in [1.29, 1.82) is 0 Å². The molecule has 5 nitrogen and oxygen atoms in total. The predicted octanol–water partition coefficient (Wildman–Crippen LogP) is 3.70. The summed E-state index contributed by atoms with van der Waals surface area (Å²) >= 11 is 0. The van der Waals surface area contributed by atoms with Crippen LogP contribution in [0.2, 0.25) is 0 Å². The van der Waals surface area contributed by atoms with Crippen molar-refractivity contribution < 1.29 is 24.9 Å². The molecule has 0 aromatic carbocycles. The summed E-state index contributed by atoms with van der Waals surface area (Å²) in [4.78, 5) is 11.1. The molecule has 5 heteroatoms. The van der Waals surface area contributed by atoms with Crippen LogP contribution in [0.15, 0.2) is 23.3 Å². The van der Waals surface area contributed by atoms with Crippen LogP contribution >= 0.6 is 0 Å². The van der Waals surface area contributed by atoms with Gasteiger partial charge in [-0.2, -0.15) is 0 Å². The molecule has 0 aromatic rings. The summed E-state index contributed by atoms with van der Waals surface area (Å²) in [6.45, 7) is 5.07. The summed E-state index contributed by atoms with van der Waals surface area (Å²) in [5, 5.41) is 29.6. The topological polar surface area (TPSA) is 87.0 Å². The minimum Gasteiger partial charge on any atom is -0.481 e. The highest BCUT2D eigenvalue weighted by Crippen LogP contribution is 2.66. The number of aliphatic hydroxyl groups is 2. The van der Waals surface area contributed by atoms with Crippen LogP contribution in [0.4, 0.5) is 0 Å². The zero-order valence-electron chi connectivity index (χ0n) is 17.8. The van der Waals surface area contributed by atoms with Crippen molar-refractivity contribution >= 4 is 5.97 Å². The maximum absolute atomic E-state index is 11.4. The third kappa shape index (κ3) is 3.49. The Morgan fingerprint density at radius 1 is 1.31 bits per heavy atom. The van der Waals surface area contributed by atoms with E-state index in [0.717, 1.165) is 44.9 Å². The smallest absolute Gasteiger partial charge is 0.307 e. The Morgan fingerprint density at radius 2 is 2.10 bits per heavy atom. The van der Waals surface area contributed by atoms with E-state index < -0.39 is 5.97 Å². The van der Waals surface area contributed by atoms with Crippen LogP contribution in [0.1, 0.15) is 65.2 Å². The van der Waals surface area contributed by atoms with Gasteiger partial charge in [-0.15, -0.1) is 0 Å². The first-order valence-corrected chi connectivity index (χ1v) is 11.3. The first-order chi connectivity index (χ1) is 13.8. The molecule has 162 valence electrons. The highest BCUT2D eigenvalue weighted by Gasteiger charge is 2.60. The Balaban J connectivity index is 1.59. The zero-order valence-corrected chi connectivity index (χ0v) is 17.8. The van der Waals surface area contributed by atoms with Crippen molar-refractivity contribution in [3.05, 3.63) is 23.3 Å². The molecule has 0 aromatic heterocycles. The van der Waals surface area contributed by atoms with Gasteiger partial charge in [0, 0.05) is 0 Å². The number of rotatable bonds is 5. The molecule has 3 N–H and O–H groups in total. The number of aliphatic carboxylic acids is 1. The van der Waals surface area contributed by atoms with E-state index in [4.69, 9.17) is 14.9 Å². The van der Waals surface area contributed by atoms with Gasteiger partial charge in [0.1, 0.15) is 0 Å². The van der Waals surface area contributed by atoms with E-state index in [1.54, 1.807) is 0 Å². The van der Waals surface area contributed by atoms with E-state index in [1.165, 1.54) is 11.1 Å². The largest absolute Gasteiger partial charge is 0.481 e. The quantitative estimate of drug-likeness (QED) is 0.608. The maximum Gasteiger partial charge on any atom is 0.307 e. The van der Waals surface area contributed by atoms with Gasteiger partial charge in [-0.05, 0) is 73.5 Å². The molecular formula is C24H36O5. The minimum absolute atomic E-state index is 0.0241. The van der Waals surface area contributed by atoms with Crippen molar-refractivity contribution in [1.82, 2.24) is 0 Å². The predicted molar refractivity (Wildman–Crippen MR) is 110 cm³/mol. The number of ether oxygens (including phenoxy) is 1. The van der Waals surface area contributed by atoms with Crippen LogP contribution in [0, 0.1) is 28.6 Å². The summed E-state index contributed by atoms with van der Waals surface area (Å²) in [7, 11) is 0. The Bertz CT molecular complexity index is 712. The molecule has 4 aliphatic carbocycles. The van der Waals surface area contributed by atoms with Gasteiger partial charge in [0.2, 0.25) is 0 Å². The molecule has 0 amide bonds. The average Bonchev–Trinajstić information content (AvgIpc) is 2.99. The minimum atomic E-state index is -0.781. The van der Waals surface area contributed by atoms with Crippen LogP contribution in [-0.4, -0.2) is 46.7 Å². The van der Waals surface area contributed by atoms with E-state index in [9.17, 15) is 9.90 Å². The van der Waals surface area contributed by atoms with Crippen LogP contribution in [0.3, 0.4) is 0 Å². The summed E-state index contributed by atoms with van der Waals surface area (Å²) in [6.07, 6.45) is 11.0. The van der Waals surface area contributed by atoms with Crippen molar-refractivity contribution in [2.75, 3.05) is 13.2 Å². The standard InChI is InChI=1S/C24H36O5/c1-23-10-9-17(29-12-11-25)13-16(23)3-6-18-19-7-4-15(5-8-21(27)28)24(19,2)14-20(26)22(18)23/h3,5,17-20,22,25-26H,4,6-14H2,1-2H3,(H,27,28)/t17?,18-,19-,20?,22+,23-,24+/m0/s1. The van der Waals surface area contributed by atoms with E-state index in [2.05, 4.69) is 19.9 Å². The van der Waals surface area contributed by atoms with Crippen LogP contribution < -0.4 is 0 Å². The summed E-state index contributed by atoms with van der Waals surface area (Å²) in [6, 6.07) is 0. The third-order valence-corrected chi connectivity index (χ3v) is 8.81. The second-order valence-corrected chi connectivity index (χ2v) is 10.2. The van der Waals surface area contributed by atoms with Gasteiger partial charge in [-0.3, -0.25) is 4.79 Å². The van der Waals surface area contributed by atoms with Gasteiger partial charge in [0.05, 0.1) is 31.8 Å². The molecule has 4 rings (SSSR count). The number of aliphatic hydroxyl groups excluding tert-OH is 2. The zero-order chi connectivity index (χ0) is 20.8. The third-order valence-electron chi connectivity index (χ3n) is 8.81. The van der Waals surface area contributed by atoms with Crippen LogP contribution in [0.5, 0.6) is 0 Å². The lowest BCUT2D eigenvalue weighted by Crippen LogP contribution is -2.55. The molecule has 4 aliphatic rings. The number of hydrogen-bond acceptors (Lipinski definition) is 4. The molecule has 0 bridgehead atoms. The number of carbonyl (C=O) groups is 1.